The van der Waals surface area contributed by atoms with Crippen molar-refractivity contribution in [1.82, 2.24) is 10.2 Å². The van der Waals surface area contributed by atoms with Crippen LogP contribution in [0.2, 0.25) is 0 Å². The first-order valence-corrected chi connectivity index (χ1v) is 7.01. The topological polar surface area (TPSA) is 35.5 Å². The largest absolute Gasteiger partial charge is 0.394 e. The van der Waals surface area contributed by atoms with E-state index in [4.69, 9.17) is 0 Å². The van der Waals surface area contributed by atoms with Crippen molar-refractivity contribution in [2.45, 2.75) is 72.0 Å². The van der Waals surface area contributed by atoms with Gasteiger partial charge < -0.3 is 15.3 Å². The van der Waals surface area contributed by atoms with Crippen LogP contribution in [0.3, 0.4) is 0 Å². The Hall–Kier alpha value is -0.120. The van der Waals surface area contributed by atoms with Crippen LogP contribution < -0.4 is 5.32 Å². The van der Waals surface area contributed by atoms with E-state index in [0.29, 0.717) is 12.1 Å². The molecule has 0 aliphatic heterocycles. The molecule has 0 radical (unpaired) electrons. The standard InChI is InChI=1S/C14H32N2O/c1-7-13(5)16(8-2)10-9-14(6,11-17)15-12(3)4/h12-13,15,17H,7-11H2,1-6H3. The highest BCUT2D eigenvalue weighted by Crippen LogP contribution is 2.13. The minimum absolute atomic E-state index is 0.158. The molecule has 3 nitrogen and oxygen atoms in total. The summed E-state index contributed by atoms with van der Waals surface area (Å²) in [7, 11) is 0. The molecule has 0 spiro atoms. The molecule has 0 aliphatic carbocycles. The molecule has 0 saturated carbocycles. The second kappa shape index (κ2) is 8.06. The summed E-state index contributed by atoms with van der Waals surface area (Å²) in [5.41, 5.74) is -0.158. The van der Waals surface area contributed by atoms with E-state index in [1.165, 1.54) is 6.42 Å². The van der Waals surface area contributed by atoms with E-state index in [-0.39, 0.29) is 12.1 Å². The van der Waals surface area contributed by atoms with E-state index in [1.54, 1.807) is 0 Å². The molecule has 0 heterocycles. The average molecular weight is 244 g/mol. The minimum atomic E-state index is -0.158. The first kappa shape index (κ1) is 16.9. The molecule has 104 valence electrons. The maximum absolute atomic E-state index is 9.53. The molecule has 0 aliphatic rings. The van der Waals surface area contributed by atoms with Gasteiger partial charge in [0.2, 0.25) is 0 Å². The summed E-state index contributed by atoms with van der Waals surface area (Å²) in [6.45, 7) is 15.4. The molecule has 0 bridgehead atoms. The van der Waals surface area contributed by atoms with Gasteiger partial charge in [-0.15, -0.1) is 0 Å². The normalized spacial score (nSPS) is 17.5. The van der Waals surface area contributed by atoms with Gasteiger partial charge in [-0.1, -0.05) is 27.7 Å². The van der Waals surface area contributed by atoms with Crippen molar-refractivity contribution in [3.8, 4) is 0 Å². The first-order chi connectivity index (χ1) is 7.88. The third-order valence-electron chi connectivity index (χ3n) is 3.56. The zero-order valence-corrected chi connectivity index (χ0v) is 12.6. The van der Waals surface area contributed by atoms with E-state index in [1.807, 2.05) is 0 Å². The van der Waals surface area contributed by atoms with Crippen LogP contribution in [0.15, 0.2) is 0 Å². The second-order valence-corrected chi connectivity index (χ2v) is 5.65. The lowest BCUT2D eigenvalue weighted by Gasteiger charge is -2.35. The van der Waals surface area contributed by atoms with Crippen LogP contribution in [0.1, 0.15) is 54.4 Å². The molecule has 0 saturated heterocycles. The van der Waals surface area contributed by atoms with Crippen molar-refractivity contribution >= 4 is 0 Å². The smallest absolute Gasteiger partial charge is 0.0611 e. The highest BCUT2D eigenvalue weighted by molar-refractivity contribution is 4.85. The number of aliphatic hydroxyl groups excluding tert-OH is 1. The van der Waals surface area contributed by atoms with E-state index in [2.05, 4.69) is 51.8 Å². The van der Waals surface area contributed by atoms with Crippen LogP contribution in [0.25, 0.3) is 0 Å². The molecule has 2 N–H and O–H groups in total. The van der Waals surface area contributed by atoms with Gasteiger partial charge in [-0.25, -0.2) is 0 Å². The predicted molar refractivity (Wildman–Crippen MR) is 75.4 cm³/mol. The number of hydrogen-bond donors (Lipinski definition) is 2. The van der Waals surface area contributed by atoms with Gasteiger partial charge in [0.15, 0.2) is 0 Å². The van der Waals surface area contributed by atoms with E-state index >= 15 is 0 Å². The quantitative estimate of drug-likeness (QED) is 0.653. The highest BCUT2D eigenvalue weighted by Gasteiger charge is 2.25. The van der Waals surface area contributed by atoms with E-state index in [9.17, 15) is 5.11 Å². The van der Waals surface area contributed by atoms with Gasteiger partial charge in [0.25, 0.3) is 0 Å². The van der Waals surface area contributed by atoms with Gasteiger partial charge in [-0.3, -0.25) is 0 Å². The molecular formula is C14H32N2O. The van der Waals surface area contributed by atoms with Crippen molar-refractivity contribution in [1.29, 1.82) is 0 Å². The molecule has 2 unspecified atom stereocenters. The third kappa shape index (κ3) is 6.39. The molecule has 17 heavy (non-hydrogen) atoms. The second-order valence-electron chi connectivity index (χ2n) is 5.65. The van der Waals surface area contributed by atoms with E-state index in [0.717, 1.165) is 19.5 Å². The Kier molecular flexibility index (Phi) is 8.01. The number of rotatable bonds is 9. The minimum Gasteiger partial charge on any atom is -0.394 e. The Labute approximate surface area is 108 Å². The summed E-state index contributed by atoms with van der Waals surface area (Å²) in [6, 6.07) is 1.04. The molecule has 0 amide bonds. The van der Waals surface area contributed by atoms with Crippen LogP contribution in [0.4, 0.5) is 0 Å². The maximum Gasteiger partial charge on any atom is 0.0611 e. The lowest BCUT2D eigenvalue weighted by Crippen LogP contribution is -2.51. The fourth-order valence-electron chi connectivity index (χ4n) is 2.23. The van der Waals surface area contributed by atoms with Crippen LogP contribution in [-0.2, 0) is 0 Å². The lowest BCUT2D eigenvalue weighted by atomic mass is 9.97. The monoisotopic (exact) mass is 244 g/mol. The molecule has 3 heteroatoms. The van der Waals surface area contributed by atoms with Gasteiger partial charge in [0.05, 0.1) is 6.61 Å². The van der Waals surface area contributed by atoms with Gasteiger partial charge in [-0.05, 0) is 33.2 Å². The van der Waals surface area contributed by atoms with Crippen molar-refractivity contribution in [2.75, 3.05) is 19.7 Å². The lowest BCUT2D eigenvalue weighted by molar-refractivity contribution is 0.126. The van der Waals surface area contributed by atoms with Crippen molar-refractivity contribution in [3.63, 3.8) is 0 Å². The Bertz CT molecular complexity index is 197. The number of aliphatic hydroxyl groups is 1. The molecule has 0 aromatic rings. The Balaban J connectivity index is 4.28. The van der Waals surface area contributed by atoms with Crippen molar-refractivity contribution in [2.24, 2.45) is 0 Å². The fourth-order valence-corrected chi connectivity index (χ4v) is 2.23. The SMILES string of the molecule is CCC(C)N(CC)CCC(C)(CO)NC(C)C. The van der Waals surface area contributed by atoms with E-state index < -0.39 is 0 Å². The molecule has 0 rings (SSSR count). The van der Waals surface area contributed by atoms with Gasteiger partial charge in [0.1, 0.15) is 0 Å². The summed E-state index contributed by atoms with van der Waals surface area (Å²) in [5, 5.41) is 13.0. The molecule has 0 aromatic carbocycles. The van der Waals surface area contributed by atoms with Crippen LogP contribution in [0.5, 0.6) is 0 Å². The molecular weight excluding hydrogens is 212 g/mol. The van der Waals surface area contributed by atoms with Gasteiger partial charge >= 0.3 is 0 Å². The zero-order valence-electron chi connectivity index (χ0n) is 12.6. The zero-order chi connectivity index (χ0) is 13.5. The Morgan fingerprint density at radius 1 is 1.24 bits per heavy atom. The Morgan fingerprint density at radius 3 is 2.18 bits per heavy atom. The summed E-state index contributed by atoms with van der Waals surface area (Å²) >= 11 is 0. The van der Waals surface area contributed by atoms with Crippen LogP contribution in [0, 0.1) is 0 Å². The van der Waals surface area contributed by atoms with Gasteiger partial charge in [-0.2, -0.15) is 0 Å². The van der Waals surface area contributed by atoms with Gasteiger partial charge in [0, 0.05) is 24.2 Å². The number of nitrogens with one attached hydrogen (secondary N) is 1. The average Bonchev–Trinajstić information content (AvgIpc) is 2.28. The third-order valence-corrected chi connectivity index (χ3v) is 3.56. The molecule has 0 fully saturated rings. The van der Waals surface area contributed by atoms with Crippen molar-refractivity contribution < 1.29 is 5.11 Å². The van der Waals surface area contributed by atoms with Crippen LogP contribution >= 0.6 is 0 Å². The molecule has 0 aromatic heterocycles. The summed E-state index contributed by atoms with van der Waals surface area (Å²) < 4.78 is 0. The Morgan fingerprint density at radius 2 is 1.82 bits per heavy atom. The fraction of sp³-hybridized carbons (Fsp3) is 1.00. The predicted octanol–water partition coefficient (Wildman–Crippen LogP) is 2.25. The summed E-state index contributed by atoms with van der Waals surface area (Å²) in [6.07, 6.45) is 2.17. The number of nitrogens with zero attached hydrogens (tertiary/aromatic N) is 1. The number of hydrogen-bond acceptors (Lipinski definition) is 3. The summed E-state index contributed by atoms with van der Waals surface area (Å²) in [5.74, 6) is 0. The maximum atomic E-state index is 9.53. The van der Waals surface area contributed by atoms with Crippen LogP contribution in [-0.4, -0.2) is 47.3 Å². The van der Waals surface area contributed by atoms with Crippen molar-refractivity contribution in [3.05, 3.63) is 0 Å². The summed E-state index contributed by atoms with van der Waals surface area (Å²) in [4.78, 5) is 2.48. The highest BCUT2D eigenvalue weighted by atomic mass is 16.3. The first-order valence-electron chi connectivity index (χ1n) is 7.01. The molecule has 2 atom stereocenters.